The van der Waals surface area contributed by atoms with Gasteiger partial charge in [-0.25, -0.2) is 4.79 Å². The number of nitrogens with one attached hydrogen (secondary N) is 2. The molecular formula is C17H25N3O4. The molecule has 1 fully saturated rings. The molecule has 1 aromatic rings. The number of rotatable bonds is 6. The van der Waals surface area contributed by atoms with E-state index in [1.54, 1.807) is 19.0 Å². The number of hydrogen-bond acceptors (Lipinski definition) is 4. The van der Waals surface area contributed by atoms with Crippen molar-refractivity contribution in [3.63, 3.8) is 0 Å². The highest BCUT2D eigenvalue weighted by molar-refractivity contribution is 5.90. The lowest BCUT2D eigenvalue weighted by molar-refractivity contribution is -0.128. The summed E-state index contributed by atoms with van der Waals surface area (Å²) in [5.41, 5.74) is 1.64. The van der Waals surface area contributed by atoms with Gasteiger partial charge in [-0.15, -0.1) is 0 Å². The second kappa shape index (κ2) is 9.24. The smallest absolute Gasteiger partial charge is 0.319 e. The lowest BCUT2D eigenvalue weighted by Crippen LogP contribution is -2.41. The van der Waals surface area contributed by atoms with E-state index in [1.165, 1.54) is 0 Å². The lowest BCUT2D eigenvalue weighted by atomic mass is 10.1. The molecule has 1 atom stereocenters. The first-order valence-electron chi connectivity index (χ1n) is 8.08. The van der Waals surface area contributed by atoms with Crippen LogP contribution >= 0.6 is 0 Å². The molecule has 0 bridgehead atoms. The van der Waals surface area contributed by atoms with Crippen molar-refractivity contribution in [2.45, 2.75) is 18.9 Å². The van der Waals surface area contributed by atoms with E-state index in [0.29, 0.717) is 44.9 Å². The molecule has 7 nitrogen and oxygen atoms in total. The molecule has 7 heteroatoms. The first-order chi connectivity index (χ1) is 11.6. The summed E-state index contributed by atoms with van der Waals surface area (Å²) in [7, 11) is 3.47. The van der Waals surface area contributed by atoms with E-state index in [1.807, 2.05) is 24.3 Å². The Morgan fingerprint density at radius 2 is 2.04 bits per heavy atom. The highest BCUT2D eigenvalue weighted by Crippen LogP contribution is 2.17. The van der Waals surface area contributed by atoms with Crippen LogP contribution in [0, 0.1) is 0 Å². The number of amides is 3. The molecule has 0 aromatic heterocycles. The Morgan fingerprint density at radius 3 is 2.75 bits per heavy atom. The second-order valence-corrected chi connectivity index (χ2v) is 5.85. The number of carbonyl (C=O) groups is 2. The van der Waals surface area contributed by atoms with Crippen LogP contribution in [0.2, 0.25) is 0 Å². The van der Waals surface area contributed by atoms with Crippen LogP contribution in [0.3, 0.4) is 0 Å². The molecule has 0 aliphatic carbocycles. The Hall–Kier alpha value is -2.12. The maximum absolute atomic E-state index is 12.1. The molecule has 0 unspecified atom stereocenters. The summed E-state index contributed by atoms with van der Waals surface area (Å²) in [5.74, 6) is 0.0590. The van der Waals surface area contributed by atoms with Crippen molar-refractivity contribution >= 4 is 17.6 Å². The predicted molar refractivity (Wildman–Crippen MR) is 91.0 cm³/mol. The monoisotopic (exact) mass is 335 g/mol. The molecule has 0 radical (unpaired) electrons. The number of benzene rings is 1. The molecule has 0 spiro atoms. The van der Waals surface area contributed by atoms with Gasteiger partial charge in [-0.2, -0.15) is 0 Å². The molecule has 3 amide bonds. The van der Waals surface area contributed by atoms with Gasteiger partial charge in [0, 0.05) is 32.7 Å². The zero-order chi connectivity index (χ0) is 17.4. The highest BCUT2D eigenvalue weighted by atomic mass is 16.6. The zero-order valence-electron chi connectivity index (χ0n) is 14.2. The topological polar surface area (TPSA) is 79.9 Å². The minimum Gasteiger partial charge on any atom is -0.376 e. The van der Waals surface area contributed by atoms with E-state index in [4.69, 9.17) is 9.47 Å². The lowest BCUT2D eigenvalue weighted by Gasteiger charge is -2.23. The third-order valence-electron chi connectivity index (χ3n) is 3.75. The van der Waals surface area contributed by atoms with Crippen LogP contribution in [-0.2, 0) is 20.7 Å². The minimum absolute atomic E-state index is 0.0590. The fourth-order valence-corrected chi connectivity index (χ4v) is 2.35. The van der Waals surface area contributed by atoms with E-state index >= 15 is 0 Å². The number of urea groups is 1. The van der Waals surface area contributed by atoms with E-state index in [2.05, 4.69) is 10.6 Å². The number of hydrogen-bond donors (Lipinski definition) is 2. The van der Waals surface area contributed by atoms with Gasteiger partial charge in [0.15, 0.2) is 0 Å². The molecule has 2 rings (SSSR count). The number of para-hydroxylation sites is 1. The summed E-state index contributed by atoms with van der Waals surface area (Å²) in [4.78, 5) is 25.4. The maximum atomic E-state index is 12.1. The summed E-state index contributed by atoms with van der Waals surface area (Å²) in [5, 5.41) is 5.61. The first kappa shape index (κ1) is 18.2. The van der Waals surface area contributed by atoms with Gasteiger partial charge in [-0.05, 0) is 18.1 Å². The maximum Gasteiger partial charge on any atom is 0.319 e. The average Bonchev–Trinajstić information content (AvgIpc) is 2.59. The van der Waals surface area contributed by atoms with Crippen molar-refractivity contribution in [1.29, 1.82) is 0 Å². The molecule has 1 aliphatic heterocycles. The van der Waals surface area contributed by atoms with Gasteiger partial charge in [0.1, 0.15) is 0 Å². The fraction of sp³-hybridized carbons (Fsp3) is 0.529. The molecular weight excluding hydrogens is 310 g/mol. The molecule has 1 aliphatic rings. The van der Waals surface area contributed by atoms with Crippen LogP contribution < -0.4 is 10.6 Å². The summed E-state index contributed by atoms with van der Waals surface area (Å²) < 4.78 is 10.8. The van der Waals surface area contributed by atoms with Crippen LogP contribution in [0.15, 0.2) is 24.3 Å². The van der Waals surface area contributed by atoms with E-state index in [0.717, 1.165) is 5.56 Å². The Balaban J connectivity index is 1.84. The van der Waals surface area contributed by atoms with Gasteiger partial charge in [0.2, 0.25) is 5.91 Å². The van der Waals surface area contributed by atoms with Gasteiger partial charge in [-0.1, -0.05) is 18.2 Å². The number of ether oxygens (including phenoxy) is 2. The fourth-order valence-electron chi connectivity index (χ4n) is 2.35. The van der Waals surface area contributed by atoms with Crippen molar-refractivity contribution in [1.82, 2.24) is 10.2 Å². The Labute approximate surface area is 142 Å². The van der Waals surface area contributed by atoms with Gasteiger partial charge in [0.05, 0.1) is 25.9 Å². The standard InChI is InChI=1S/C17H25N3O4/c1-20(2)16(21)8-7-13-5-3-4-6-15(13)19-17(22)18-11-14-12-23-9-10-24-14/h3-6,14H,7-12H2,1-2H3,(H2,18,19,22)/t14-/m0/s1. The summed E-state index contributed by atoms with van der Waals surface area (Å²) in [6.07, 6.45) is 0.866. The van der Waals surface area contributed by atoms with Crippen molar-refractivity contribution < 1.29 is 19.1 Å². The third-order valence-corrected chi connectivity index (χ3v) is 3.75. The van der Waals surface area contributed by atoms with E-state index in [-0.39, 0.29) is 18.0 Å². The quantitative estimate of drug-likeness (QED) is 0.820. The molecule has 2 N–H and O–H groups in total. The van der Waals surface area contributed by atoms with Crippen LogP contribution in [0.25, 0.3) is 0 Å². The third kappa shape index (κ3) is 5.82. The Morgan fingerprint density at radius 1 is 1.25 bits per heavy atom. The van der Waals surface area contributed by atoms with Crippen molar-refractivity contribution in [2.75, 3.05) is 45.8 Å². The van der Waals surface area contributed by atoms with Crippen molar-refractivity contribution in [3.05, 3.63) is 29.8 Å². The summed E-state index contributed by atoms with van der Waals surface area (Å²) >= 11 is 0. The predicted octanol–water partition coefficient (Wildman–Crippen LogP) is 1.24. The average molecular weight is 335 g/mol. The Bertz CT molecular complexity index is 557. The molecule has 24 heavy (non-hydrogen) atoms. The van der Waals surface area contributed by atoms with Crippen LogP contribution in [0.1, 0.15) is 12.0 Å². The van der Waals surface area contributed by atoms with Crippen molar-refractivity contribution in [3.8, 4) is 0 Å². The van der Waals surface area contributed by atoms with E-state index < -0.39 is 0 Å². The summed E-state index contributed by atoms with van der Waals surface area (Å²) in [6.45, 7) is 2.04. The minimum atomic E-state index is -0.296. The molecule has 1 saturated heterocycles. The number of carbonyl (C=O) groups excluding carboxylic acids is 2. The van der Waals surface area contributed by atoms with Crippen LogP contribution in [0.5, 0.6) is 0 Å². The Kier molecular flexibility index (Phi) is 7.02. The normalized spacial score (nSPS) is 17.2. The number of nitrogens with zero attached hydrogens (tertiary/aromatic N) is 1. The molecule has 0 saturated carbocycles. The van der Waals surface area contributed by atoms with E-state index in [9.17, 15) is 9.59 Å². The zero-order valence-corrected chi connectivity index (χ0v) is 14.2. The summed E-state index contributed by atoms with van der Waals surface area (Å²) in [6, 6.07) is 7.19. The van der Waals surface area contributed by atoms with Gasteiger partial charge < -0.3 is 25.0 Å². The second-order valence-electron chi connectivity index (χ2n) is 5.85. The van der Waals surface area contributed by atoms with Crippen LogP contribution in [0.4, 0.5) is 10.5 Å². The highest BCUT2D eigenvalue weighted by Gasteiger charge is 2.15. The largest absolute Gasteiger partial charge is 0.376 e. The SMILES string of the molecule is CN(C)C(=O)CCc1ccccc1NC(=O)NC[C@H]1COCCO1. The number of aryl methyl sites for hydroxylation is 1. The van der Waals surface area contributed by atoms with Crippen molar-refractivity contribution in [2.24, 2.45) is 0 Å². The number of anilines is 1. The van der Waals surface area contributed by atoms with Gasteiger partial charge >= 0.3 is 6.03 Å². The van der Waals surface area contributed by atoms with Crippen LogP contribution in [-0.4, -0.2) is 63.4 Å². The van der Waals surface area contributed by atoms with Gasteiger partial charge in [-0.3, -0.25) is 4.79 Å². The first-order valence-corrected chi connectivity index (χ1v) is 8.08. The molecule has 1 aromatic carbocycles. The molecule has 132 valence electrons. The molecule has 1 heterocycles. The van der Waals surface area contributed by atoms with Gasteiger partial charge in [0.25, 0.3) is 0 Å².